The summed E-state index contributed by atoms with van der Waals surface area (Å²) in [4.78, 5) is 25.7. The van der Waals surface area contributed by atoms with Gasteiger partial charge in [-0.2, -0.15) is 0 Å². The highest BCUT2D eigenvalue weighted by molar-refractivity contribution is 5.74. The maximum Gasteiger partial charge on any atom is 0.317 e. The number of urea groups is 1. The van der Waals surface area contributed by atoms with E-state index in [0.29, 0.717) is 32.5 Å². The molecule has 2 amide bonds. The van der Waals surface area contributed by atoms with Crippen LogP contribution in [0.3, 0.4) is 0 Å². The lowest BCUT2D eigenvalue weighted by molar-refractivity contribution is -0.142. The third-order valence-corrected chi connectivity index (χ3v) is 4.93. The van der Waals surface area contributed by atoms with E-state index in [0.717, 1.165) is 31.2 Å². The van der Waals surface area contributed by atoms with Gasteiger partial charge in [-0.25, -0.2) is 4.79 Å². The summed E-state index contributed by atoms with van der Waals surface area (Å²) in [6.07, 6.45) is 4.52. The third kappa shape index (κ3) is 6.67. The molecule has 0 atom stereocenters. The van der Waals surface area contributed by atoms with Gasteiger partial charge >= 0.3 is 12.0 Å². The van der Waals surface area contributed by atoms with E-state index < -0.39 is 5.97 Å². The fourth-order valence-electron chi connectivity index (χ4n) is 3.36. The number of carbonyl (C=O) groups excluding carboxylic acids is 1. The van der Waals surface area contributed by atoms with Gasteiger partial charge in [-0.05, 0) is 44.1 Å². The number of amides is 2. The monoisotopic (exact) mass is 362 g/mol. The highest BCUT2D eigenvalue weighted by Crippen LogP contribution is 2.24. The number of ether oxygens (including phenoxy) is 1. The molecule has 0 spiro atoms. The van der Waals surface area contributed by atoms with Crippen LogP contribution in [-0.4, -0.2) is 48.3 Å². The average molecular weight is 362 g/mol. The molecule has 0 bridgehead atoms. The molecule has 1 saturated carbocycles. The Morgan fingerprint density at radius 3 is 2.46 bits per heavy atom. The van der Waals surface area contributed by atoms with Gasteiger partial charge in [-0.15, -0.1) is 0 Å². The van der Waals surface area contributed by atoms with Crippen molar-refractivity contribution in [2.45, 2.75) is 51.1 Å². The third-order valence-electron chi connectivity index (χ3n) is 4.93. The molecule has 1 aromatic rings. The van der Waals surface area contributed by atoms with Crippen molar-refractivity contribution in [1.82, 2.24) is 10.2 Å². The number of hydrogen-bond acceptors (Lipinski definition) is 3. The van der Waals surface area contributed by atoms with Crippen LogP contribution < -0.4 is 5.32 Å². The number of nitrogens with one attached hydrogen (secondary N) is 1. The molecule has 6 heteroatoms. The maximum atomic E-state index is 12.8. The Morgan fingerprint density at radius 1 is 1.15 bits per heavy atom. The summed E-state index contributed by atoms with van der Waals surface area (Å²) in [6, 6.07) is 9.96. The number of hydrogen-bond donors (Lipinski definition) is 2. The van der Waals surface area contributed by atoms with Crippen molar-refractivity contribution < 1.29 is 19.4 Å². The summed E-state index contributed by atoms with van der Waals surface area (Å²) in [5.74, 6) is -0.990. The molecule has 1 aliphatic carbocycles. The zero-order valence-corrected chi connectivity index (χ0v) is 15.5. The summed E-state index contributed by atoms with van der Waals surface area (Å²) >= 11 is 0. The Labute approximate surface area is 155 Å². The first-order valence-corrected chi connectivity index (χ1v) is 9.41. The quantitative estimate of drug-likeness (QED) is 0.661. The van der Waals surface area contributed by atoms with Crippen molar-refractivity contribution in [2.24, 2.45) is 5.92 Å². The van der Waals surface area contributed by atoms with Crippen LogP contribution >= 0.6 is 0 Å². The Bertz CT molecular complexity index is 556. The van der Waals surface area contributed by atoms with E-state index in [-0.39, 0.29) is 18.0 Å². The van der Waals surface area contributed by atoms with Gasteiger partial charge in [0.05, 0.1) is 5.92 Å². The second-order valence-electron chi connectivity index (χ2n) is 6.94. The molecule has 2 rings (SSSR count). The standard InChI is InChI=1S/C20H30N2O4/c1-26-14-6-5-13-22(15-16-7-3-2-4-8-16)20(25)21-18-11-9-17(10-12-18)19(23)24/h2-4,7-8,17-18H,5-6,9-15H2,1H3,(H,21,25)(H,23,24). The van der Waals surface area contributed by atoms with Crippen LogP contribution in [0.1, 0.15) is 44.1 Å². The van der Waals surface area contributed by atoms with Crippen molar-refractivity contribution in [1.29, 1.82) is 0 Å². The molecule has 0 unspecified atom stereocenters. The predicted molar refractivity (Wildman–Crippen MR) is 99.9 cm³/mol. The van der Waals surface area contributed by atoms with Crippen molar-refractivity contribution in [3.8, 4) is 0 Å². The molecule has 1 fully saturated rings. The van der Waals surface area contributed by atoms with Gasteiger partial charge in [0.1, 0.15) is 0 Å². The maximum absolute atomic E-state index is 12.8. The number of rotatable bonds is 9. The molecule has 0 aromatic heterocycles. The van der Waals surface area contributed by atoms with E-state index in [4.69, 9.17) is 9.84 Å². The number of carbonyl (C=O) groups is 2. The minimum atomic E-state index is -0.723. The lowest BCUT2D eigenvalue weighted by atomic mass is 9.86. The van der Waals surface area contributed by atoms with Gasteiger partial charge < -0.3 is 20.1 Å². The first-order valence-electron chi connectivity index (χ1n) is 9.41. The fraction of sp³-hybridized carbons (Fsp3) is 0.600. The molecule has 0 radical (unpaired) electrons. The Balaban J connectivity index is 1.88. The first-order chi connectivity index (χ1) is 12.6. The van der Waals surface area contributed by atoms with Crippen LogP contribution in [0.4, 0.5) is 4.79 Å². The molecule has 0 aliphatic heterocycles. The van der Waals surface area contributed by atoms with E-state index in [1.807, 2.05) is 35.2 Å². The highest BCUT2D eigenvalue weighted by Gasteiger charge is 2.27. The molecule has 6 nitrogen and oxygen atoms in total. The van der Waals surface area contributed by atoms with E-state index in [1.54, 1.807) is 7.11 Å². The van der Waals surface area contributed by atoms with E-state index in [9.17, 15) is 9.59 Å². The Kier molecular flexibility index (Phi) is 8.41. The van der Waals surface area contributed by atoms with E-state index >= 15 is 0 Å². The summed E-state index contributed by atoms with van der Waals surface area (Å²) in [5, 5.41) is 12.2. The minimum Gasteiger partial charge on any atom is -0.481 e. The first kappa shape index (κ1) is 20.2. The van der Waals surface area contributed by atoms with Crippen LogP contribution in [0, 0.1) is 5.92 Å². The number of nitrogens with zero attached hydrogens (tertiary/aromatic N) is 1. The van der Waals surface area contributed by atoms with Crippen LogP contribution in [0.2, 0.25) is 0 Å². The number of carboxylic acid groups (broad SMARTS) is 1. The van der Waals surface area contributed by atoms with Crippen molar-refractivity contribution in [3.63, 3.8) is 0 Å². The summed E-state index contributed by atoms with van der Waals surface area (Å²) < 4.78 is 5.09. The topological polar surface area (TPSA) is 78.9 Å². The van der Waals surface area contributed by atoms with Crippen LogP contribution in [0.5, 0.6) is 0 Å². The van der Waals surface area contributed by atoms with Crippen LogP contribution in [0.15, 0.2) is 30.3 Å². The summed E-state index contributed by atoms with van der Waals surface area (Å²) in [5.41, 5.74) is 1.10. The molecule has 2 N–H and O–H groups in total. The van der Waals surface area contributed by atoms with E-state index in [2.05, 4.69) is 5.32 Å². The summed E-state index contributed by atoms with van der Waals surface area (Å²) in [7, 11) is 1.68. The van der Waals surface area contributed by atoms with Gasteiger partial charge in [0.2, 0.25) is 0 Å². The molecule has 0 saturated heterocycles. The largest absolute Gasteiger partial charge is 0.481 e. The second kappa shape index (κ2) is 10.8. The molecule has 1 aliphatic rings. The van der Waals surface area contributed by atoms with Crippen molar-refractivity contribution >= 4 is 12.0 Å². The normalized spacial score (nSPS) is 19.7. The number of benzene rings is 1. The van der Waals surface area contributed by atoms with Gasteiger partial charge in [-0.3, -0.25) is 4.79 Å². The SMILES string of the molecule is COCCCCN(Cc1ccccc1)C(=O)NC1CCC(C(=O)O)CC1. The van der Waals surface area contributed by atoms with Crippen molar-refractivity contribution in [3.05, 3.63) is 35.9 Å². The molecular weight excluding hydrogens is 332 g/mol. The summed E-state index contributed by atoms with van der Waals surface area (Å²) in [6.45, 7) is 1.94. The Hall–Kier alpha value is -2.08. The van der Waals surface area contributed by atoms with Crippen LogP contribution in [0.25, 0.3) is 0 Å². The molecule has 26 heavy (non-hydrogen) atoms. The zero-order chi connectivity index (χ0) is 18.8. The number of unbranched alkanes of at least 4 members (excludes halogenated alkanes) is 1. The number of methoxy groups -OCH3 is 1. The van der Waals surface area contributed by atoms with Gasteiger partial charge in [0.25, 0.3) is 0 Å². The highest BCUT2D eigenvalue weighted by atomic mass is 16.5. The second-order valence-corrected chi connectivity index (χ2v) is 6.94. The fourth-order valence-corrected chi connectivity index (χ4v) is 3.36. The number of carboxylic acids is 1. The van der Waals surface area contributed by atoms with Crippen LogP contribution in [-0.2, 0) is 16.1 Å². The smallest absolute Gasteiger partial charge is 0.317 e. The van der Waals surface area contributed by atoms with Gasteiger partial charge in [0, 0.05) is 32.8 Å². The molecule has 144 valence electrons. The lowest BCUT2D eigenvalue weighted by Gasteiger charge is -2.30. The minimum absolute atomic E-state index is 0.0648. The molecule has 0 heterocycles. The lowest BCUT2D eigenvalue weighted by Crippen LogP contribution is -2.46. The van der Waals surface area contributed by atoms with Crippen molar-refractivity contribution in [2.75, 3.05) is 20.3 Å². The zero-order valence-electron chi connectivity index (χ0n) is 15.5. The number of aliphatic carboxylic acids is 1. The van der Waals surface area contributed by atoms with Gasteiger partial charge in [0.15, 0.2) is 0 Å². The molecule has 1 aromatic carbocycles. The van der Waals surface area contributed by atoms with E-state index in [1.165, 1.54) is 0 Å². The molecular formula is C20H30N2O4. The Morgan fingerprint density at radius 2 is 1.85 bits per heavy atom. The average Bonchev–Trinajstić information content (AvgIpc) is 2.65. The predicted octanol–water partition coefficient (Wildman–Crippen LogP) is 3.27. The van der Waals surface area contributed by atoms with Gasteiger partial charge in [-0.1, -0.05) is 30.3 Å².